The molecule has 204 valence electrons. The molecule has 4 nitrogen and oxygen atoms in total. The van der Waals surface area contributed by atoms with Crippen molar-refractivity contribution in [2.45, 2.75) is 0 Å². The molecule has 0 aliphatic heterocycles. The van der Waals surface area contributed by atoms with Crippen LogP contribution >= 0.6 is 11.3 Å². The molecule has 0 amide bonds. The number of rotatable bonds is 3. The van der Waals surface area contributed by atoms with Gasteiger partial charge in [-0.15, -0.1) is 11.3 Å². The van der Waals surface area contributed by atoms with Crippen molar-refractivity contribution < 1.29 is 0 Å². The van der Waals surface area contributed by atoms with Crippen LogP contribution in [-0.2, 0) is 0 Å². The second-order valence-electron chi connectivity index (χ2n) is 11.2. The molecule has 0 fully saturated rings. The SMILES string of the molecule is c1ccc(-c2nc(-c3ccccc3)nc(-c3ccc4sc5c(c4c3)c3cccc4ccc6c7ccccc7n5c6c43)n2)cc1. The van der Waals surface area contributed by atoms with Crippen LogP contribution in [0.3, 0.4) is 0 Å². The average Bonchev–Trinajstić information content (AvgIpc) is 3.65. The maximum absolute atomic E-state index is 5.02. The van der Waals surface area contributed by atoms with E-state index in [4.69, 9.17) is 15.0 Å². The summed E-state index contributed by atoms with van der Waals surface area (Å²) in [5.41, 5.74) is 5.46. The van der Waals surface area contributed by atoms with E-state index in [9.17, 15) is 0 Å². The quantitative estimate of drug-likeness (QED) is 0.209. The lowest BCUT2D eigenvalue weighted by molar-refractivity contribution is 1.07. The summed E-state index contributed by atoms with van der Waals surface area (Å²) in [6.45, 7) is 0. The van der Waals surface area contributed by atoms with Gasteiger partial charge in [0, 0.05) is 48.3 Å². The van der Waals surface area contributed by atoms with Gasteiger partial charge in [0.2, 0.25) is 0 Å². The van der Waals surface area contributed by atoms with Crippen LogP contribution < -0.4 is 0 Å². The smallest absolute Gasteiger partial charge is 0.164 e. The van der Waals surface area contributed by atoms with Crippen molar-refractivity contribution in [2.75, 3.05) is 0 Å². The molecule has 0 saturated carbocycles. The molecule has 4 heterocycles. The van der Waals surface area contributed by atoms with E-state index in [0.29, 0.717) is 17.5 Å². The Morgan fingerprint density at radius 1 is 0.455 bits per heavy atom. The normalized spacial score (nSPS) is 12.1. The Hall–Kier alpha value is -5.65. The van der Waals surface area contributed by atoms with Crippen LogP contribution in [0.4, 0.5) is 0 Å². The van der Waals surface area contributed by atoms with Crippen molar-refractivity contribution in [3.05, 3.63) is 133 Å². The largest absolute Gasteiger partial charge is 0.299 e. The molecule has 10 rings (SSSR count). The number of thiophene rings is 1. The minimum atomic E-state index is 0.668. The van der Waals surface area contributed by atoms with Crippen molar-refractivity contribution in [1.29, 1.82) is 0 Å². The third-order valence-electron chi connectivity index (χ3n) is 8.78. The van der Waals surface area contributed by atoms with Crippen molar-refractivity contribution >= 4 is 69.6 Å². The molecule has 0 N–H and O–H groups in total. The Kier molecular flexibility index (Phi) is 4.84. The highest BCUT2D eigenvalue weighted by Gasteiger charge is 2.21. The number of hydrogen-bond donors (Lipinski definition) is 0. The minimum absolute atomic E-state index is 0.668. The van der Waals surface area contributed by atoms with Crippen LogP contribution in [-0.4, -0.2) is 19.4 Å². The van der Waals surface area contributed by atoms with Crippen molar-refractivity contribution in [2.24, 2.45) is 0 Å². The van der Waals surface area contributed by atoms with Gasteiger partial charge in [-0.25, -0.2) is 15.0 Å². The Morgan fingerprint density at radius 3 is 1.86 bits per heavy atom. The van der Waals surface area contributed by atoms with Gasteiger partial charge < -0.3 is 0 Å². The molecule has 0 unspecified atom stereocenters. The number of pyridine rings is 1. The molecule has 44 heavy (non-hydrogen) atoms. The van der Waals surface area contributed by atoms with Crippen LogP contribution in [0.15, 0.2) is 133 Å². The van der Waals surface area contributed by atoms with Crippen LogP contribution in [0.25, 0.3) is 92.4 Å². The molecule has 0 aliphatic carbocycles. The lowest BCUT2D eigenvalue weighted by atomic mass is 9.98. The highest BCUT2D eigenvalue weighted by Crippen LogP contribution is 2.46. The molecule has 0 aliphatic rings. The second kappa shape index (κ2) is 8.93. The molecular formula is C39H22N4S. The second-order valence-corrected chi connectivity index (χ2v) is 12.3. The first-order chi connectivity index (χ1) is 21.8. The van der Waals surface area contributed by atoms with E-state index < -0.39 is 0 Å². The summed E-state index contributed by atoms with van der Waals surface area (Å²) >= 11 is 1.85. The molecule has 0 bridgehead atoms. The van der Waals surface area contributed by atoms with Gasteiger partial charge in [-0.3, -0.25) is 4.40 Å². The van der Waals surface area contributed by atoms with E-state index >= 15 is 0 Å². The first-order valence-corrected chi connectivity index (χ1v) is 15.5. The zero-order valence-electron chi connectivity index (χ0n) is 23.4. The molecule has 6 aromatic carbocycles. The molecular weight excluding hydrogens is 557 g/mol. The minimum Gasteiger partial charge on any atom is -0.299 e. The molecule has 5 heteroatoms. The van der Waals surface area contributed by atoms with E-state index in [2.05, 4.69) is 77.2 Å². The predicted octanol–water partition coefficient (Wildman–Crippen LogP) is 10.4. The summed E-state index contributed by atoms with van der Waals surface area (Å²) < 4.78 is 3.74. The third-order valence-corrected chi connectivity index (χ3v) is 9.93. The van der Waals surface area contributed by atoms with E-state index in [0.717, 1.165) is 16.7 Å². The van der Waals surface area contributed by atoms with Crippen LogP contribution in [0, 0.1) is 0 Å². The molecule has 4 aromatic heterocycles. The zero-order chi connectivity index (χ0) is 28.8. The molecule has 0 spiro atoms. The highest BCUT2D eigenvalue weighted by atomic mass is 32.1. The van der Waals surface area contributed by atoms with E-state index in [1.165, 1.54) is 58.3 Å². The van der Waals surface area contributed by atoms with Gasteiger partial charge >= 0.3 is 0 Å². The fourth-order valence-corrected chi connectivity index (χ4v) is 8.04. The lowest BCUT2D eigenvalue weighted by Crippen LogP contribution is -2.00. The van der Waals surface area contributed by atoms with Gasteiger partial charge in [0.25, 0.3) is 0 Å². The Morgan fingerprint density at radius 2 is 1.11 bits per heavy atom. The Labute approximate surface area is 255 Å². The maximum Gasteiger partial charge on any atom is 0.164 e. The number of aromatic nitrogens is 4. The molecule has 10 aromatic rings. The topological polar surface area (TPSA) is 43.1 Å². The number of hydrogen-bond acceptors (Lipinski definition) is 4. The fourth-order valence-electron chi connectivity index (χ4n) is 6.83. The monoisotopic (exact) mass is 578 g/mol. The van der Waals surface area contributed by atoms with Crippen molar-refractivity contribution in [3.8, 4) is 34.2 Å². The summed E-state index contributed by atoms with van der Waals surface area (Å²) in [5, 5.41) is 8.95. The van der Waals surface area contributed by atoms with Gasteiger partial charge in [-0.05, 0) is 35.0 Å². The zero-order valence-corrected chi connectivity index (χ0v) is 24.2. The van der Waals surface area contributed by atoms with Gasteiger partial charge in [0.1, 0.15) is 4.83 Å². The Bertz CT molecular complexity index is 2650. The van der Waals surface area contributed by atoms with Crippen LogP contribution in [0.2, 0.25) is 0 Å². The predicted molar refractivity (Wildman–Crippen MR) is 184 cm³/mol. The molecule has 0 radical (unpaired) electrons. The number of fused-ring (bicyclic) bond motifs is 8. The van der Waals surface area contributed by atoms with E-state index in [1.54, 1.807) is 0 Å². The third kappa shape index (κ3) is 3.30. The van der Waals surface area contributed by atoms with Crippen LogP contribution in [0.1, 0.15) is 0 Å². The number of para-hydroxylation sites is 1. The summed E-state index contributed by atoms with van der Waals surface area (Å²) in [5.74, 6) is 2.01. The fraction of sp³-hybridized carbons (Fsp3) is 0. The molecule has 0 atom stereocenters. The van der Waals surface area contributed by atoms with Gasteiger partial charge in [-0.1, -0.05) is 109 Å². The van der Waals surface area contributed by atoms with Crippen LogP contribution in [0.5, 0.6) is 0 Å². The van der Waals surface area contributed by atoms with Gasteiger partial charge in [0.05, 0.1) is 11.0 Å². The number of benzene rings is 6. The summed E-state index contributed by atoms with van der Waals surface area (Å²) in [4.78, 5) is 16.2. The van der Waals surface area contributed by atoms with Crippen molar-refractivity contribution in [3.63, 3.8) is 0 Å². The van der Waals surface area contributed by atoms with Gasteiger partial charge in [0.15, 0.2) is 17.5 Å². The molecule has 0 saturated heterocycles. The maximum atomic E-state index is 5.02. The summed E-state index contributed by atoms with van der Waals surface area (Å²) in [6, 6.07) is 47.0. The standard InChI is InChI=1S/C39H22N4S/c1-3-10-24(11-4-1)36-40-37(25-12-5-2-6-13-25)42-38(41-36)26-19-21-32-30(22-26)34-29-16-9-14-23-18-20-28-27-15-7-8-17-31(27)43(39(34)44-32)35(28)33(23)29/h1-22H. The first-order valence-electron chi connectivity index (χ1n) is 14.7. The lowest BCUT2D eigenvalue weighted by Gasteiger charge is -2.11. The first kappa shape index (κ1) is 23.9. The van der Waals surface area contributed by atoms with E-state index in [1.807, 2.05) is 72.0 Å². The number of nitrogens with zero attached hydrogens (tertiary/aromatic N) is 4. The van der Waals surface area contributed by atoms with Crippen molar-refractivity contribution in [1.82, 2.24) is 19.4 Å². The summed E-state index contributed by atoms with van der Waals surface area (Å²) in [7, 11) is 0. The highest BCUT2D eigenvalue weighted by molar-refractivity contribution is 7.25. The van der Waals surface area contributed by atoms with E-state index in [-0.39, 0.29) is 0 Å². The Balaban J connectivity index is 1.30. The average molecular weight is 579 g/mol. The summed E-state index contributed by atoms with van der Waals surface area (Å²) in [6.07, 6.45) is 0. The van der Waals surface area contributed by atoms with Gasteiger partial charge in [-0.2, -0.15) is 0 Å².